The smallest absolute Gasteiger partial charge is 0.0646 e. The van der Waals surface area contributed by atoms with Crippen LogP contribution in [0.1, 0.15) is 34.1 Å². The molecule has 1 fully saturated rings. The summed E-state index contributed by atoms with van der Waals surface area (Å²) in [6, 6.07) is 0. The predicted molar refractivity (Wildman–Crippen MR) is 46.7 cm³/mol. The fourth-order valence-corrected chi connectivity index (χ4v) is 1.61. The molecular weight excluding hydrogens is 138 g/mol. The van der Waals surface area contributed by atoms with E-state index in [1.165, 1.54) is 0 Å². The molecular formula is C9H19NO. The normalized spacial score (nSPS) is 37.1. The lowest BCUT2D eigenvalue weighted by Gasteiger charge is -2.43. The van der Waals surface area contributed by atoms with Crippen molar-refractivity contribution in [1.82, 2.24) is 5.32 Å². The number of morpholine rings is 1. The third-order valence-electron chi connectivity index (χ3n) is 2.30. The summed E-state index contributed by atoms with van der Waals surface area (Å²) in [6.07, 6.45) is 1.12. The molecule has 1 aliphatic heterocycles. The fraction of sp³-hybridized carbons (Fsp3) is 1.00. The van der Waals surface area contributed by atoms with E-state index in [2.05, 4.69) is 33.0 Å². The highest BCUT2D eigenvalue weighted by atomic mass is 16.5. The second kappa shape index (κ2) is 2.76. The van der Waals surface area contributed by atoms with Crippen LogP contribution in [0.4, 0.5) is 0 Å². The Morgan fingerprint density at radius 2 is 1.91 bits per heavy atom. The molecule has 0 aliphatic carbocycles. The molecule has 0 spiro atoms. The van der Waals surface area contributed by atoms with E-state index in [9.17, 15) is 0 Å². The average molecular weight is 157 g/mol. The van der Waals surface area contributed by atoms with Crippen molar-refractivity contribution < 1.29 is 4.74 Å². The van der Waals surface area contributed by atoms with Crippen molar-refractivity contribution in [2.75, 3.05) is 13.2 Å². The molecule has 0 amide bonds. The first-order valence-corrected chi connectivity index (χ1v) is 4.35. The highest BCUT2D eigenvalue weighted by Crippen LogP contribution is 2.20. The van der Waals surface area contributed by atoms with E-state index in [0.29, 0.717) is 0 Å². The van der Waals surface area contributed by atoms with Crippen molar-refractivity contribution in [2.24, 2.45) is 0 Å². The Labute approximate surface area is 69.3 Å². The van der Waals surface area contributed by atoms with Crippen molar-refractivity contribution in [3.8, 4) is 0 Å². The Hall–Kier alpha value is -0.0800. The summed E-state index contributed by atoms with van der Waals surface area (Å²) in [4.78, 5) is 0. The summed E-state index contributed by atoms with van der Waals surface area (Å²) in [5, 5.41) is 3.59. The van der Waals surface area contributed by atoms with Crippen molar-refractivity contribution in [3.05, 3.63) is 0 Å². The summed E-state index contributed by atoms with van der Waals surface area (Å²) in [5.41, 5.74) is 0.324. The van der Waals surface area contributed by atoms with Crippen LogP contribution in [0.25, 0.3) is 0 Å². The molecule has 1 unspecified atom stereocenters. The van der Waals surface area contributed by atoms with E-state index in [1.807, 2.05) is 0 Å². The molecule has 1 atom stereocenters. The van der Waals surface area contributed by atoms with Crippen LogP contribution < -0.4 is 5.32 Å². The van der Waals surface area contributed by atoms with Crippen LogP contribution in [0.3, 0.4) is 0 Å². The average Bonchev–Trinajstić information content (AvgIpc) is 1.85. The largest absolute Gasteiger partial charge is 0.378 e. The Kier molecular flexibility index (Phi) is 2.26. The third-order valence-corrected chi connectivity index (χ3v) is 2.30. The van der Waals surface area contributed by atoms with Crippen LogP contribution in [0.2, 0.25) is 0 Å². The zero-order valence-electron chi connectivity index (χ0n) is 8.03. The highest BCUT2D eigenvalue weighted by Gasteiger charge is 2.34. The summed E-state index contributed by atoms with van der Waals surface area (Å²) >= 11 is 0. The first kappa shape index (κ1) is 9.01. The van der Waals surface area contributed by atoms with Crippen LogP contribution >= 0.6 is 0 Å². The van der Waals surface area contributed by atoms with Crippen molar-refractivity contribution >= 4 is 0 Å². The topological polar surface area (TPSA) is 21.3 Å². The number of nitrogens with one attached hydrogen (secondary N) is 1. The van der Waals surface area contributed by atoms with Gasteiger partial charge in [-0.2, -0.15) is 0 Å². The molecule has 1 heterocycles. The lowest BCUT2D eigenvalue weighted by Crippen LogP contribution is -2.62. The Bertz CT molecular complexity index is 144. The molecule has 1 saturated heterocycles. The second-order valence-electron chi connectivity index (χ2n) is 4.42. The standard InChI is InChI=1S/C9H19NO/c1-5-9(4)7-11-6-8(2,3)10-9/h10H,5-7H2,1-4H3. The summed E-state index contributed by atoms with van der Waals surface area (Å²) in [6.45, 7) is 10.4. The lowest BCUT2D eigenvalue weighted by molar-refractivity contribution is -0.0254. The molecule has 0 aromatic rings. The van der Waals surface area contributed by atoms with Crippen LogP contribution in [-0.4, -0.2) is 24.3 Å². The first-order chi connectivity index (χ1) is 4.97. The lowest BCUT2D eigenvalue weighted by atomic mass is 9.92. The van der Waals surface area contributed by atoms with Crippen molar-refractivity contribution in [3.63, 3.8) is 0 Å². The van der Waals surface area contributed by atoms with E-state index in [-0.39, 0.29) is 11.1 Å². The monoisotopic (exact) mass is 157 g/mol. The maximum Gasteiger partial charge on any atom is 0.0646 e. The Morgan fingerprint density at radius 3 is 2.27 bits per heavy atom. The Balaban J connectivity index is 2.59. The Morgan fingerprint density at radius 1 is 1.27 bits per heavy atom. The summed E-state index contributed by atoms with van der Waals surface area (Å²) in [7, 11) is 0. The van der Waals surface area contributed by atoms with E-state index >= 15 is 0 Å². The van der Waals surface area contributed by atoms with Crippen molar-refractivity contribution in [2.45, 2.75) is 45.2 Å². The molecule has 2 nitrogen and oxygen atoms in total. The molecule has 2 heteroatoms. The van der Waals surface area contributed by atoms with Gasteiger partial charge in [-0.05, 0) is 27.2 Å². The molecule has 1 N–H and O–H groups in total. The zero-order valence-corrected chi connectivity index (χ0v) is 8.03. The maximum absolute atomic E-state index is 5.53. The molecule has 0 aromatic carbocycles. The van der Waals surface area contributed by atoms with E-state index in [0.717, 1.165) is 19.6 Å². The van der Waals surface area contributed by atoms with Crippen LogP contribution in [0.15, 0.2) is 0 Å². The number of ether oxygens (including phenoxy) is 1. The van der Waals surface area contributed by atoms with E-state index < -0.39 is 0 Å². The van der Waals surface area contributed by atoms with Crippen LogP contribution in [0.5, 0.6) is 0 Å². The first-order valence-electron chi connectivity index (χ1n) is 4.35. The van der Waals surface area contributed by atoms with Gasteiger partial charge < -0.3 is 10.1 Å². The van der Waals surface area contributed by atoms with Gasteiger partial charge in [0, 0.05) is 11.1 Å². The molecule has 66 valence electrons. The van der Waals surface area contributed by atoms with Gasteiger partial charge in [-0.1, -0.05) is 6.92 Å². The molecule has 0 bridgehead atoms. The minimum absolute atomic E-state index is 0.142. The van der Waals surface area contributed by atoms with Crippen LogP contribution in [-0.2, 0) is 4.74 Å². The number of rotatable bonds is 1. The van der Waals surface area contributed by atoms with Crippen LogP contribution in [0, 0.1) is 0 Å². The van der Waals surface area contributed by atoms with Gasteiger partial charge in [0.1, 0.15) is 0 Å². The van der Waals surface area contributed by atoms with Gasteiger partial charge in [0.25, 0.3) is 0 Å². The molecule has 0 radical (unpaired) electrons. The number of hydrogen-bond donors (Lipinski definition) is 1. The predicted octanol–water partition coefficient (Wildman–Crippen LogP) is 1.55. The third kappa shape index (κ3) is 2.17. The summed E-state index contributed by atoms with van der Waals surface area (Å²) in [5.74, 6) is 0. The molecule has 1 rings (SSSR count). The van der Waals surface area contributed by atoms with Gasteiger partial charge in [-0.25, -0.2) is 0 Å². The van der Waals surface area contributed by atoms with Gasteiger partial charge in [0.2, 0.25) is 0 Å². The highest BCUT2D eigenvalue weighted by molar-refractivity contribution is 4.94. The zero-order chi connectivity index (χ0) is 8.54. The quantitative estimate of drug-likeness (QED) is 0.623. The van der Waals surface area contributed by atoms with E-state index in [4.69, 9.17) is 4.74 Å². The van der Waals surface area contributed by atoms with Gasteiger partial charge in [0.15, 0.2) is 0 Å². The molecule has 11 heavy (non-hydrogen) atoms. The van der Waals surface area contributed by atoms with Gasteiger partial charge >= 0.3 is 0 Å². The van der Waals surface area contributed by atoms with E-state index in [1.54, 1.807) is 0 Å². The van der Waals surface area contributed by atoms with Gasteiger partial charge in [-0.15, -0.1) is 0 Å². The second-order valence-corrected chi connectivity index (χ2v) is 4.42. The maximum atomic E-state index is 5.53. The minimum Gasteiger partial charge on any atom is -0.378 e. The summed E-state index contributed by atoms with van der Waals surface area (Å²) < 4.78 is 5.53. The van der Waals surface area contributed by atoms with Gasteiger partial charge in [0.05, 0.1) is 13.2 Å². The van der Waals surface area contributed by atoms with Gasteiger partial charge in [-0.3, -0.25) is 0 Å². The van der Waals surface area contributed by atoms with Crippen molar-refractivity contribution in [1.29, 1.82) is 0 Å². The molecule has 0 saturated carbocycles. The molecule has 0 aromatic heterocycles. The fourth-order valence-electron chi connectivity index (χ4n) is 1.61. The SMILES string of the molecule is CCC1(C)COCC(C)(C)N1. The minimum atomic E-state index is 0.142. The molecule has 1 aliphatic rings. The number of hydrogen-bond acceptors (Lipinski definition) is 2.